The number of carbonyl (C=O) groups is 2. The molecule has 0 saturated heterocycles. The lowest BCUT2D eigenvalue weighted by atomic mass is 10.1. The normalized spacial score (nSPS) is 12.1. The summed E-state index contributed by atoms with van der Waals surface area (Å²) in [5.74, 6) is 0.942. The van der Waals surface area contributed by atoms with Crippen molar-refractivity contribution < 1.29 is 19.1 Å². The highest BCUT2D eigenvalue weighted by atomic mass is 16.5. The largest absolute Gasteiger partial charge is 0.497 e. The summed E-state index contributed by atoms with van der Waals surface area (Å²) in [4.78, 5) is 27.5. The lowest BCUT2D eigenvalue weighted by Crippen LogP contribution is -2.53. The van der Waals surface area contributed by atoms with Gasteiger partial charge in [-0.05, 0) is 76.4 Å². The van der Waals surface area contributed by atoms with E-state index in [9.17, 15) is 9.59 Å². The molecule has 0 aliphatic heterocycles. The molecular weight excluding hydrogens is 392 g/mol. The molecule has 2 amide bonds. The van der Waals surface area contributed by atoms with E-state index < -0.39 is 11.6 Å². The molecule has 0 aromatic heterocycles. The van der Waals surface area contributed by atoms with Crippen LogP contribution in [0.25, 0.3) is 0 Å². The summed E-state index contributed by atoms with van der Waals surface area (Å²) in [7, 11) is 1.61. The fraction of sp³-hybridized carbons (Fsp3) is 0.440. The lowest BCUT2D eigenvalue weighted by Gasteiger charge is -2.31. The zero-order valence-corrected chi connectivity index (χ0v) is 19.6. The predicted molar refractivity (Wildman–Crippen MR) is 122 cm³/mol. The summed E-state index contributed by atoms with van der Waals surface area (Å²) in [5.41, 5.74) is 2.52. The van der Waals surface area contributed by atoms with E-state index in [4.69, 9.17) is 9.47 Å². The molecule has 0 fully saturated rings. The van der Waals surface area contributed by atoms with Gasteiger partial charge in [0, 0.05) is 12.1 Å². The third-order valence-electron chi connectivity index (χ3n) is 4.87. The molecule has 168 valence electrons. The minimum absolute atomic E-state index is 0.145. The van der Waals surface area contributed by atoms with Crippen molar-refractivity contribution in [2.24, 2.45) is 0 Å². The van der Waals surface area contributed by atoms with Crippen molar-refractivity contribution >= 4 is 11.8 Å². The molecule has 31 heavy (non-hydrogen) atoms. The maximum absolute atomic E-state index is 13.1. The van der Waals surface area contributed by atoms with Gasteiger partial charge >= 0.3 is 0 Å². The molecule has 2 rings (SSSR count). The molecule has 2 aromatic carbocycles. The van der Waals surface area contributed by atoms with Gasteiger partial charge < -0.3 is 19.7 Å². The van der Waals surface area contributed by atoms with Crippen LogP contribution in [-0.2, 0) is 16.1 Å². The van der Waals surface area contributed by atoms with Crippen LogP contribution in [0.4, 0.5) is 0 Å². The Bertz CT molecular complexity index is 901. The molecule has 0 aliphatic rings. The van der Waals surface area contributed by atoms with Gasteiger partial charge in [0.2, 0.25) is 5.91 Å². The van der Waals surface area contributed by atoms with E-state index in [1.54, 1.807) is 18.9 Å². The number of methoxy groups -OCH3 is 1. The number of hydrogen-bond donors (Lipinski definition) is 1. The minimum atomic E-state index is -0.656. The number of nitrogens with zero attached hydrogens (tertiary/aromatic N) is 1. The van der Waals surface area contributed by atoms with E-state index in [0.29, 0.717) is 5.75 Å². The summed E-state index contributed by atoms with van der Waals surface area (Å²) >= 11 is 0. The van der Waals surface area contributed by atoms with Gasteiger partial charge in [-0.3, -0.25) is 9.59 Å². The molecule has 1 unspecified atom stereocenters. The second kappa shape index (κ2) is 10.3. The number of nitrogens with one attached hydrogen (secondary N) is 1. The highest BCUT2D eigenvalue weighted by molar-refractivity contribution is 5.88. The molecule has 0 saturated carbocycles. The number of hydrogen-bond acceptors (Lipinski definition) is 4. The van der Waals surface area contributed by atoms with E-state index in [2.05, 4.69) is 5.32 Å². The predicted octanol–water partition coefficient (Wildman–Crippen LogP) is 4.02. The summed E-state index contributed by atoms with van der Waals surface area (Å²) in [5, 5.41) is 2.96. The summed E-state index contributed by atoms with van der Waals surface area (Å²) < 4.78 is 11.0. The van der Waals surface area contributed by atoms with E-state index in [0.717, 1.165) is 22.4 Å². The number of benzene rings is 2. The Morgan fingerprint density at radius 1 is 1.06 bits per heavy atom. The second-order valence-electron chi connectivity index (χ2n) is 8.84. The lowest BCUT2D eigenvalue weighted by molar-refractivity contribution is -0.142. The van der Waals surface area contributed by atoms with Gasteiger partial charge in [-0.2, -0.15) is 0 Å². The molecule has 1 N–H and O–H groups in total. The monoisotopic (exact) mass is 426 g/mol. The quantitative estimate of drug-likeness (QED) is 0.692. The Balaban J connectivity index is 2.20. The molecule has 1 atom stereocenters. The average Bonchev–Trinajstić information content (AvgIpc) is 2.71. The Morgan fingerprint density at radius 2 is 1.71 bits per heavy atom. The van der Waals surface area contributed by atoms with E-state index in [-0.39, 0.29) is 25.0 Å². The second-order valence-corrected chi connectivity index (χ2v) is 8.84. The smallest absolute Gasteiger partial charge is 0.261 e. The van der Waals surface area contributed by atoms with Gasteiger partial charge in [0.15, 0.2) is 6.61 Å². The van der Waals surface area contributed by atoms with Crippen LogP contribution >= 0.6 is 0 Å². The van der Waals surface area contributed by atoms with Crippen LogP contribution in [0.1, 0.15) is 44.4 Å². The first-order chi connectivity index (χ1) is 14.5. The molecule has 2 aromatic rings. The third kappa shape index (κ3) is 7.31. The molecular formula is C25H34N2O4. The maximum atomic E-state index is 13.1. The highest BCUT2D eigenvalue weighted by Crippen LogP contribution is 2.20. The topological polar surface area (TPSA) is 67.9 Å². The summed E-state index contributed by atoms with van der Waals surface area (Å²) in [6.07, 6.45) is 0. The number of rotatable bonds is 8. The van der Waals surface area contributed by atoms with Crippen molar-refractivity contribution in [3.05, 3.63) is 59.2 Å². The van der Waals surface area contributed by atoms with Crippen LogP contribution in [0.15, 0.2) is 42.5 Å². The highest BCUT2D eigenvalue weighted by Gasteiger charge is 2.28. The van der Waals surface area contributed by atoms with Gasteiger partial charge in [-0.1, -0.05) is 24.3 Å². The van der Waals surface area contributed by atoms with Crippen LogP contribution in [-0.4, -0.2) is 42.0 Å². The number of ether oxygens (including phenoxy) is 2. The van der Waals surface area contributed by atoms with Crippen LogP contribution in [0.3, 0.4) is 0 Å². The maximum Gasteiger partial charge on any atom is 0.261 e. The van der Waals surface area contributed by atoms with Crippen molar-refractivity contribution in [1.82, 2.24) is 10.2 Å². The van der Waals surface area contributed by atoms with E-state index in [1.165, 1.54) is 0 Å². The fourth-order valence-electron chi connectivity index (χ4n) is 3.07. The van der Waals surface area contributed by atoms with Crippen molar-refractivity contribution in [3.63, 3.8) is 0 Å². The Hall–Kier alpha value is -3.02. The number of aryl methyl sites for hydroxylation is 2. The number of carbonyl (C=O) groups excluding carboxylic acids is 2. The number of amides is 2. The molecule has 0 spiro atoms. The van der Waals surface area contributed by atoms with Crippen molar-refractivity contribution in [2.75, 3.05) is 13.7 Å². The van der Waals surface area contributed by atoms with Crippen molar-refractivity contribution in [3.8, 4) is 11.5 Å². The molecule has 6 heteroatoms. The van der Waals surface area contributed by atoms with Crippen LogP contribution < -0.4 is 14.8 Å². The standard InChI is InChI=1S/C25H34N2O4/c1-17-8-9-18(2)22(14-17)31-16-23(28)27(19(3)24(29)26-25(4,5)6)15-20-10-12-21(30-7)13-11-20/h8-14,19H,15-16H2,1-7H3,(H,26,29). The Kier molecular flexibility index (Phi) is 8.08. The fourth-order valence-corrected chi connectivity index (χ4v) is 3.07. The van der Waals surface area contributed by atoms with Crippen LogP contribution in [0, 0.1) is 13.8 Å². The average molecular weight is 427 g/mol. The Morgan fingerprint density at radius 3 is 2.29 bits per heavy atom. The van der Waals surface area contributed by atoms with Gasteiger partial charge in [-0.15, -0.1) is 0 Å². The molecule has 0 heterocycles. The summed E-state index contributed by atoms with van der Waals surface area (Å²) in [6.45, 7) is 11.5. The SMILES string of the molecule is COc1ccc(CN(C(=O)COc2cc(C)ccc2C)C(C)C(=O)NC(C)(C)C)cc1. The molecule has 0 radical (unpaired) electrons. The first-order valence-corrected chi connectivity index (χ1v) is 10.4. The van der Waals surface area contributed by atoms with Crippen LogP contribution in [0.2, 0.25) is 0 Å². The van der Waals surface area contributed by atoms with Crippen molar-refractivity contribution in [1.29, 1.82) is 0 Å². The van der Waals surface area contributed by atoms with Gasteiger partial charge in [0.05, 0.1) is 7.11 Å². The Labute approximate surface area is 185 Å². The zero-order chi connectivity index (χ0) is 23.2. The zero-order valence-electron chi connectivity index (χ0n) is 19.6. The first kappa shape index (κ1) is 24.3. The van der Waals surface area contributed by atoms with Crippen molar-refractivity contribution in [2.45, 2.75) is 59.7 Å². The summed E-state index contributed by atoms with van der Waals surface area (Å²) in [6, 6.07) is 12.7. The van der Waals surface area contributed by atoms with E-state index in [1.807, 2.05) is 77.1 Å². The van der Waals surface area contributed by atoms with Gasteiger partial charge in [0.25, 0.3) is 5.91 Å². The molecule has 6 nitrogen and oxygen atoms in total. The molecule has 0 bridgehead atoms. The first-order valence-electron chi connectivity index (χ1n) is 10.4. The van der Waals surface area contributed by atoms with Crippen LogP contribution in [0.5, 0.6) is 11.5 Å². The van der Waals surface area contributed by atoms with Gasteiger partial charge in [-0.25, -0.2) is 0 Å². The van der Waals surface area contributed by atoms with E-state index >= 15 is 0 Å². The van der Waals surface area contributed by atoms with Gasteiger partial charge in [0.1, 0.15) is 17.5 Å². The molecule has 0 aliphatic carbocycles. The third-order valence-corrected chi connectivity index (χ3v) is 4.87. The minimum Gasteiger partial charge on any atom is -0.497 e.